The van der Waals surface area contributed by atoms with Gasteiger partial charge in [-0.25, -0.2) is 4.39 Å². The molecule has 0 radical (unpaired) electrons. The SMILES string of the molecule is CCC(N)Cc1cccc(F)c1Oc1ccc(Cl)cc1. The Morgan fingerprint density at radius 1 is 1.20 bits per heavy atom. The molecule has 2 aromatic carbocycles. The van der Waals surface area contributed by atoms with E-state index in [1.807, 2.05) is 13.0 Å². The van der Waals surface area contributed by atoms with Crippen LogP contribution in [-0.2, 0) is 6.42 Å². The van der Waals surface area contributed by atoms with E-state index in [0.29, 0.717) is 17.2 Å². The fraction of sp³-hybridized carbons (Fsp3) is 0.250. The highest BCUT2D eigenvalue weighted by Gasteiger charge is 2.13. The van der Waals surface area contributed by atoms with Crippen molar-refractivity contribution in [3.05, 3.63) is 58.9 Å². The minimum atomic E-state index is -0.388. The van der Waals surface area contributed by atoms with Crippen molar-refractivity contribution in [2.24, 2.45) is 5.73 Å². The van der Waals surface area contributed by atoms with E-state index in [4.69, 9.17) is 22.1 Å². The summed E-state index contributed by atoms with van der Waals surface area (Å²) in [6.07, 6.45) is 1.41. The summed E-state index contributed by atoms with van der Waals surface area (Å²) in [7, 11) is 0. The number of halogens is 2. The largest absolute Gasteiger partial charge is 0.454 e. The lowest BCUT2D eigenvalue weighted by Crippen LogP contribution is -2.21. The van der Waals surface area contributed by atoms with Crippen LogP contribution >= 0.6 is 11.6 Å². The van der Waals surface area contributed by atoms with Crippen molar-refractivity contribution < 1.29 is 9.13 Å². The van der Waals surface area contributed by atoms with Crippen molar-refractivity contribution in [1.29, 1.82) is 0 Å². The summed E-state index contributed by atoms with van der Waals surface area (Å²) in [5.41, 5.74) is 6.71. The minimum absolute atomic E-state index is 0.00984. The maximum atomic E-state index is 14.0. The summed E-state index contributed by atoms with van der Waals surface area (Å²) in [5, 5.41) is 0.610. The average Bonchev–Trinajstić information content (AvgIpc) is 2.44. The first-order valence-corrected chi connectivity index (χ1v) is 6.94. The summed E-state index contributed by atoms with van der Waals surface area (Å²) in [6.45, 7) is 2.00. The topological polar surface area (TPSA) is 35.2 Å². The quantitative estimate of drug-likeness (QED) is 0.877. The highest BCUT2D eigenvalue weighted by atomic mass is 35.5. The molecule has 1 atom stereocenters. The van der Waals surface area contributed by atoms with E-state index in [9.17, 15) is 4.39 Å². The maximum absolute atomic E-state index is 14.0. The van der Waals surface area contributed by atoms with Crippen LogP contribution in [0.25, 0.3) is 0 Å². The number of benzene rings is 2. The zero-order chi connectivity index (χ0) is 14.5. The van der Waals surface area contributed by atoms with Gasteiger partial charge in [-0.05, 0) is 48.7 Å². The number of ether oxygens (including phenoxy) is 1. The van der Waals surface area contributed by atoms with Gasteiger partial charge < -0.3 is 10.5 Å². The molecule has 0 aliphatic rings. The van der Waals surface area contributed by atoms with E-state index >= 15 is 0 Å². The first-order chi connectivity index (χ1) is 9.60. The molecule has 2 nitrogen and oxygen atoms in total. The molecule has 2 aromatic rings. The Morgan fingerprint density at radius 2 is 1.90 bits per heavy atom. The van der Waals surface area contributed by atoms with Gasteiger partial charge in [-0.2, -0.15) is 0 Å². The third-order valence-electron chi connectivity index (χ3n) is 3.09. The number of para-hydroxylation sites is 1. The molecule has 0 heterocycles. The van der Waals surface area contributed by atoms with Crippen molar-refractivity contribution in [3.63, 3.8) is 0 Å². The summed E-state index contributed by atoms with van der Waals surface area (Å²) < 4.78 is 19.6. The zero-order valence-corrected chi connectivity index (χ0v) is 12.0. The van der Waals surface area contributed by atoms with E-state index in [1.165, 1.54) is 6.07 Å². The number of hydrogen-bond acceptors (Lipinski definition) is 2. The third-order valence-corrected chi connectivity index (χ3v) is 3.34. The fourth-order valence-electron chi connectivity index (χ4n) is 1.88. The van der Waals surface area contributed by atoms with Gasteiger partial charge in [0.15, 0.2) is 11.6 Å². The zero-order valence-electron chi connectivity index (χ0n) is 11.3. The molecule has 0 spiro atoms. The summed E-state index contributed by atoms with van der Waals surface area (Å²) in [6, 6.07) is 11.7. The van der Waals surface area contributed by atoms with E-state index in [0.717, 1.165) is 12.0 Å². The molecule has 4 heteroatoms. The van der Waals surface area contributed by atoms with Crippen LogP contribution < -0.4 is 10.5 Å². The van der Waals surface area contributed by atoms with Crippen LogP contribution in [-0.4, -0.2) is 6.04 Å². The first kappa shape index (κ1) is 14.8. The Bertz CT molecular complexity index is 571. The molecular weight excluding hydrogens is 277 g/mol. The lowest BCUT2D eigenvalue weighted by atomic mass is 10.0. The van der Waals surface area contributed by atoms with Crippen molar-refractivity contribution in [3.8, 4) is 11.5 Å². The van der Waals surface area contributed by atoms with Crippen LogP contribution in [0.15, 0.2) is 42.5 Å². The van der Waals surface area contributed by atoms with Crippen LogP contribution in [0.4, 0.5) is 4.39 Å². The van der Waals surface area contributed by atoms with Crippen molar-refractivity contribution in [1.82, 2.24) is 0 Å². The second-order valence-electron chi connectivity index (χ2n) is 4.66. The molecule has 0 aliphatic carbocycles. The van der Waals surface area contributed by atoms with Gasteiger partial charge in [-0.1, -0.05) is 30.7 Å². The lowest BCUT2D eigenvalue weighted by Gasteiger charge is -2.15. The van der Waals surface area contributed by atoms with E-state index in [1.54, 1.807) is 30.3 Å². The lowest BCUT2D eigenvalue weighted by molar-refractivity contribution is 0.433. The molecule has 0 aliphatic heterocycles. The number of hydrogen-bond donors (Lipinski definition) is 1. The Hall–Kier alpha value is -1.58. The second-order valence-corrected chi connectivity index (χ2v) is 5.09. The van der Waals surface area contributed by atoms with Gasteiger partial charge in [-0.3, -0.25) is 0 Å². The fourth-order valence-corrected chi connectivity index (χ4v) is 2.00. The van der Waals surface area contributed by atoms with E-state index < -0.39 is 0 Å². The molecule has 0 saturated carbocycles. The Morgan fingerprint density at radius 3 is 2.55 bits per heavy atom. The Kier molecular flexibility index (Phi) is 4.99. The Labute approximate surface area is 123 Å². The smallest absolute Gasteiger partial charge is 0.166 e. The van der Waals surface area contributed by atoms with Gasteiger partial charge in [0.25, 0.3) is 0 Å². The first-order valence-electron chi connectivity index (χ1n) is 6.56. The molecule has 0 saturated heterocycles. The molecule has 1 unspecified atom stereocenters. The molecular formula is C16H17ClFNO. The Balaban J connectivity index is 2.27. The third kappa shape index (κ3) is 3.71. The number of nitrogens with two attached hydrogens (primary N) is 1. The molecule has 20 heavy (non-hydrogen) atoms. The standard InChI is InChI=1S/C16H17ClFNO/c1-2-13(19)10-11-4-3-5-15(18)16(11)20-14-8-6-12(17)7-9-14/h3-9,13H,2,10,19H2,1H3. The van der Waals surface area contributed by atoms with E-state index in [2.05, 4.69) is 0 Å². The van der Waals surface area contributed by atoms with Crippen LogP contribution in [0.5, 0.6) is 11.5 Å². The van der Waals surface area contributed by atoms with Gasteiger partial charge in [0.05, 0.1) is 0 Å². The van der Waals surface area contributed by atoms with Crippen LogP contribution in [0, 0.1) is 5.82 Å². The van der Waals surface area contributed by atoms with Gasteiger partial charge in [0, 0.05) is 11.1 Å². The predicted molar refractivity (Wildman–Crippen MR) is 79.9 cm³/mol. The highest BCUT2D eigenvalue weighted by molar-refractivity contribution is 6.30. The molecule has 0 bridgehead atoms. The summed E-state index contributed by atoms with van der Waals surface area (Å²) in [5.74, 6) is 0.394. The van der Waals surface area contributed by atoms with Gasteiger partial charge >= 0.3 is 0 Å². The molecule has 106 valence electrons. The minimum Gasteiger partial charge on any atom is -0.454 e. The predicted octanol–water partition coefficient (Wildman–Crippen LogP) is 4.55. The molecule has 2 N–H and O–H groups in total. The van der Waals surface area contributed by atoms with Crippen molar-refractivity contribution >= 4 is 11.6 Å². The van der Waals surface area contributed by atoms with Gasteiger partial charge in [0.1, 0.15) is 5.75 Å². The van der Waals surface area contributed by atoms with Crippen LogP contribution in [0.2, 0.25) is 5.02 Å². The second kappa shape index (κ2) is 6.73. The van der Waals surface area contributed by atoms with Crippen LogP contribution in [0.3, 0.4) is 0 Å². The normalized spacial score (nSPS) is 12.2. The van der Waals surface area contributed by atoms with Gasteiger partial charge in [0.2, 0.25) is 0 Å². The molecule has 0 fully saturated rings. The average molecular weight is 294 g/mol. The maximum Gasteiger partial charge on any atom is 0.166 e. The molecule has 0 aromatic heterocycles. The van der Waals surface area contributed by atoms with Gasteiger partial charge in [-0.15, -0.1) is 0 Å². The summed E-state index contributed by atoms with van der Waals surface area (Å²) in [4.78, 5) is 0. The van der Waals surface area contributed by atoms with Crippen molar-refractivity contribution in [2.45, 2.75) is 25.8 Å². The number of rotatable bonds is 5. The summed E-state index contributed by atoms with van der Waals surface area (Å²) >= 11 is 5.82. The van der Waals surface area contributed by atoms with E-state index in [-0.39, 0.29) is 17.6 Å². The monoisotopic (exact) mass is 293 g/mol. The van der Waals surface area contributed by atoms with Crippen molar-refractivity contribution in [2.75, 3.05) is 0 Å². The molecule has 0 amide bonds. The molecule has 2 rings (SSSR count). The van der Waals surface area contributed by atoms with Crippen LogP contribution in [0.1, 0.15) is 18.9 Å². The highest BCUT2D eigenvalue weighted by Crippen LogP contribution is 2.30.